The Kier molecular flexibility index (Phi) is 7.75. The van der Waals surface area contributed by atoms with Crippen molar-refractivity contribution in [2.24, 2.45) is 0 Å². The number of nitrogens with one attached hydrogen (secondary N) is 1. The molecule has 1 N–H and O–H groups in total. The molecule has 0 radical (unpaired) electrons. The summed E-state index contributed by atoms with van der Waals surface area (Å²) in [7, 11) is 0. The van der Waals surface area contributed by atoms with Gasteiger partial charge in [-0.25, -0.2) is 14.8 Å². The molecule has 1 aromatic carbocycles. The van der Waals surface area contributed by atoms with E-state index >= 15 is 0 Å². The van der Waals surface area contributed by atoms with Gasteiger partial charge in [-0.15, -0.1) is 11.8 Å². The Morgan fingerprint density at radius 1 is 1.21 bits per heavy atom. The van der Waals surface area contributed by atoms with E-state index in [1.54, 1.807) is 25.1 Å². The van der Waals surface area contributed by atoms with Crippen molar-refractivity contribution in [3.05, 3.63) is 53.0 Å². The predicted molar refractivity (Wildman–Crippen MR) is 113 cm³/mol. The standard InChI is InChI=1S/C21H25N3O3S/c1-6-27-17(25)12-9-15-7-10-16(11-8-15)23-20(26)18-14(4)22-19(13(2)3)24-21(18)28-5/h7-13H,6H2,1-5H3,(H,23,26)/b12-9+. The first-order valence-electron chi connectivity index (χ1n) is 9.04. The van der Waals surface area contributed by atoms with Gasteiger partial charge < -0.3 is 10.1 Å². The van der Waals surface area contributed by atoms with Gasteiger partial charge in [0.25, 0.3) is 5.91 Å². The zero-order valence-electron chi connectivity index (χ0n) is 16.8. The van der Waals surface area contributed by atoms with Gasteiger partial charge >= 0.3 is 5.97 Å². The summed E-state index contributed by atoms with van der Waals surface area (Å²) in [5.41, 5.74) is 2.63. The van der Waals surface area contributed by atoms with Crippen LogP contribution in [0, 0.1) is 6.92 Å². The maximum atomic E-state index is 12.8. The van der Waals surface area contributed by atoms with E-state index in [9.17, 15) is 9.59 Å². The van der Waals surface area contributed by atoms with Crippen LogP contribution in [-0.4, -0.2) is 34.7 Å². The van der Waals surface area contributed by atoms with Gasteiger partial charge in [0, 0.05) is 17.7 Å². The van der Waals surface area contributed by atoms with E-state index in [0.717, 1.165) is 11.4 Å². The average Bonchev–Trinajstić information content (AvgIpc) is 2.66. The molecule has 0 aliphatic carbocycles. The molecular formula is C21H25N3O3S. The number of anilines is 1. The minimum atomic E-state index is -0.384. The molecular weight excluding hydrogens is 374 g/mol. The highest BCUT2D eigenvalue weighted by Crippen LogP contribution is 2.24. The number of carbonyl (C=O) groups excluding carboxylic acids is 2. The molecule has 0 spiro atoms. The number of carbonyl (C=O) groups is 2. The van der Waals surface area contributed by atoms with Crippen molar-refractivity contribution in [3.63, 3.8) is 0 Å². The summed E-state index contributed by atoms with van der Waals surface area (Å²) < 4.78 is 4.85. The summed E-state index contributed by atoms with van der Waals surface area (Å²) in [4.78, 5) is 33.2. The van der Waals surface area contributed by atoms with E-state index in [-0.39, 0.29) is 17.8 Å². The minimum absolute atomic E-state index is 0.192. The molecule has 0 unspecified atom stereocenters. The van der Waals surface area contributed by atoms with Crippen LogP contribution < -0.4 is 5.32 Å². The second kappa shape index (κ2) is 10.0. The summed E-state index contributed by atoms with van der Waals surface area (Å²) in [5, 5.41) is 3.56. The van der Waals surface area contributed by atoms with E-state index < -0.39 is 0 Å². The number of ether oxygens (including phenoxy) is 1. The third kappa shape index (κ3) is 5.66. The highest BCUT2D eigenvalue weighted by atomic mass is 32.2. The molecule has 6 nitrogen and oxygen atoms in total. The zero-order valence-corrected chi connectivity index (χ0v) is 17.6. The Bertz CT molecular complexity index is 877. The third-order valence-corrected chi connectivity index (χ3v) is 4.56. The molecule has 1 heterocycles. The summed E-state index contributed by atoms with van der Waals surface area (Å²) in [5.74, 6) is 0.296. The van der Waals surface area contributed by atoms with Crippen molar-refractivity contribution in [1.29, 1.82) is 0 Å². The molecule has 2 aromatic rings. The second-order valence-electron chi connectivity index (χ2n) is 6.37. The first-order chi connectivity index (χ1) is 13.3. The van der Waals surface area contributed by atoms with E-state index in [4.69, 9.17) is 4.74 Å². The van der Waals surface area contributed by atoms with Crippen LogP contribution >= 0.6 is 11.8 Å². The highest BCUT2D eigenvalue weighted by Gasteiger charge is 2.19. The number of nitrogens with zero attached hydrogens (tertiary/aromatic N) is 2. The Hall–Kier alpha value is -2.67. The van der Waals surface area contributed by atoms with E-state index in [1.807, 2.05) is 39.2 Å². The van der Waals surface area contributed by atoms with Gasteiger partial charge in [-0.3, -0.25) is 4.79 Å². The van der Waals surface area contributed by atoms with Crippen LogP contribution in [0.25, 0.3) is 6.08 Å². The number of hydrogen-bond donors (Lipinski definition) is 1. The van der Waals surface area contributed by atoms with Crippen molar-refractivity contribution < 1.29 is 14.3 Å². The molecule has 1 amide bonds. The molecule has 0 aliphatic rings. The summed E-state index contributed by atoms with van der Waals surface area (Å²) in [6.07, 6.45) is 4.93. The lowest BCUT2D eigenvalue weighted by Gasteiger charge is -2.13. The molecule has 0 saturated carbocycles. The minimum Gasteiger partial charge on any atom is -0.463 e. The lowest BCUT2D eigenvalue weighted by molar-refractivity contribution is -0.137. The summed E-state index contributed by atoms with van der Waals surface area (Å²) >= 11 is 1.43. The Morgan fingerprint density at radius 3 is 2.46 bits per heavy atom. The largest absolute Gasteiger partial charge is 0.463 e. The van der Waals surface area contributed by atoms with E-state index in [2.05, 4.69) is 15.3 Å². The average molecular weight is 400 g/mol. The van der Waals surface area contributed by atoms with Crippen LogP contribution in [0.15, 0.2) is 35.4 Å². The van der Waals surface area contributed by atoms with Gasteiger partial charge in [0.2, 0.25) is 0 Å². The smallest absolute Gasteiger partial charge is 0.330 e. The van der Waals surface area contributed by atoms with E-state index in [1.165, 1.54) is 17.8 Å². The predicted octanol–water partition coefficient (Wildman–Crippen LogP) is 4.46. The Morgan fingerprint density at radius 2 is 1.89 bits per heavy atom. The zero-order chi connectivity index (χ0) is 20.7. The Balaban J connectivity index is 2.16. The first kappa shape index (κ1) is 21.6. The molecule has 0 saturated heterocycles. The number of benzene rings is 1. The molecule has 0 fully saturated rings. The fourth-order valence-electron chi connectivity index (χ4n) is 2.46. The van der Waals surface area contributed by atoms with Gasteiger partial charge in [-0.05, 0) is 43.9 Å². The number of esters is 1. The molecule has 0 aliphatic heterocycles. The quantitative estimate of drug-likeness (QED) is 0.320. The van der Waals surface area contributed by atoms with Gasteiger partial charge in [-0.2, -0.15) is 0 Å². The fraction of sp³-hybridized carbons (Fsp3) is 0.333. The lowest BCUT2D eigenvalue weighted by atomic mass is 10.1. The van der Waals surface area contributed by atoms with Crippen molar-refractivity contribution in [3.8, 4) is 0 Å². The fourth-order valence-corrected chi connectivity index (χ4v) is 3.09. The van der Waals surface area contributed by atoms with Crippen molar-refractivity contribution >= 4 is 35.4 Å². The molecule has 1 aromatic heterocycles. The number of aryl methyl sites for hydroxylation is 1. The van der Waals surface area contributed by atoms with Gasteiger partial charge in [-0.1, -0.05) is 26.0 Å². The molecule has 0 atom stereocenters. The number of thioether (sulfide) groups is 1. The number of hydrogen-bond acceptors (Lipinski definition) is 6. The lowest BCUT2D eigenvalue weighted by Crippen LogP contribution is -2.17. The van der Waals surface area contributed by atoms with Crippen LogP contribution in [0.5, 0.6) is 0 Å². The number of rotatable bonds is 7. The van der Waals surface area contributed by atoms with Crippen LogP contribution in [0.1, 0.15) is 54.1 Å². The third-order valence-electron chi connectivity index (χ3n) is 3.88. The van der Waals surface area contributed by atoms with Crippen molar-refractivity contribution in [1.82, 2.24) is 9.97 Å². The normalized spacial score (nSPS) is 11.1. The summed E-state index contributed by atoms with van der Waals surface area (Å²) in [6.45, 7) is 7.97. The molecule has 28 heavy (non-hydrogen) atoms. The molecule has 2 rings (SSSR count). The van der Waals surface area contributed by atoms with Gasteiger partial charge in [0.05, 0.1) is 17.9 Å². The van der Waals surface area contributed by atoms with Gasteiger partial charge in [0.1, 0.15) is 10.9 Å². The number of aromatic nitrogens is 2. The second-order valence-corrected chi connectivity index (χ2v) is 7.16. The number of amides is 1. The van der Waals surface area contributed by atoms with Crippen LogP contribution in [-0.2, 0) is 9.53 Å². The van der Waals surface area contributed by atoms with Crippen molar-refractivity contribution in [2.75, 3.05) is 18.2 Å². The van der Waals surface area contributed by atoms with E-state index in [0.29, 0.717) is 28.6 Å². The summed E-state index contributed by atoms with van der Waals surface area (Å²) in [6, 6.07) is 7.18. The van der Waals surface area contributed by atoms with Crippen LogP contribution in [0.2, 0.25) is 0 Å². The molecule has 148 valence electrons. The molecule has 7 heteroatoms. The van der Waals surface area contributed by atoms with Crippen LogP contribution in [0.3, 0.4) is 0 Å². The van der Waals surface area contributed by atoms with Gasteiger partial charge in [0.15, 0.2) is 0 Å². The highest BCUT2D eigenvalue weighted by molar-refractivity contribution is 7.98. The topological polar surface area (TPSA) is 81.2 Å². The Labute approximate surface area is 169 Å². The maximum absolute atomic E-state index is 12.8. The van der Waals surface area contributed by atoms with Crippen molar-refractivity contribution in [2.45, 2.75) is 38.6 Å². The monoisotopic (exact) mass is 399 g/mol. The molecule has 0 bridgehead atoms. The SMILES string of the molecule is CCOC(=O)/C=C/c1ccc(NC(=O)c2c(C)nc(C(C)C)nc2SC)cc1. The first-order valence-corrected chi connectivity index (χ1v) is 10.3. The maximum Gasteiger partial charge on any atom is 0.330 e. The van der Waals surface area contributed by atoms with Crippen LogP contribution in [0.4, 0.5) is 5.69 Å².